The zero-order chi connectivity index (χ0) is 19.9. The van der Waals surface area contributed by atoms with E-state index in [0.717, 1.165) is 24.1 Å². The Balaban J connectivity index is 1.52. The number of amides is 1. The molecule has 1 aromatic heterocycles. The normalized spacial score (nSPS) is 14.3. The lowest BCUT2D eigenvalue weighted by atomic mass is 10.1. The number of benzene rings is 2. The summed E-state index contributed by atoms with van der Waals surface area (Å²) in [6, 6.07) is 23.2. The second kappa shape index (κ2) is 9.34. The molecule has 5 nitrogen and oxygen atoms in total. The van der Waals surface area contributed by atoms with Crippen molar-refractivity contribution in [3.8, 4) is 5.88 Å². The fraction of sp³-hybridized carbons (Fsp3) is 0.250. The fourth-order valence-electron chi connectivity index (χ4n) is 3.35. The van der Waals surface area contributed by atoms with Gasteiger partial charge in [0.05, 0.1) is 25.3 Å². The number of nitrogens with zero attached hydrogens (tertiary/aromatic N) is 2. The molecule has 0 radical (unpaired) electrons. The van der Waals surface area contributed by atoms with E-state index in [2.05, 4.69) is 4.98 Å². The maximum atomic E-state index is 13.3. The summed E-state index contributed by atoms with van der Waals surface area (Å²) >= 11 is 0. The van der Waals surface area contributed by atoms with E-state index in [1.807, 2.05) is 60.7 Å². The third-order valence-electron chi connectivity index (χ3n) is 4.94. The molecule has 1 aliphatic rings. The van der Waals surface area contributed by atoms with Crippen LogP contribution in [0.4, 0.5) is 5.69 Å². The van der Waals surface area contributed by atoms with Crippen LogP contribution in [0.5, 0.6) is 5.88 Å². The fourth-order valence-corrected chi connectivity index (χ4v) is 3.35. The van der Waals surface area contributed by atoms with Crippen LogP contribution in [0.3, 0.4) is 0 Å². The monoisotopic (exact) mass is 388 g/mol. The molecule has 0 atom stereocenters. The summed E-state index contributed by atoms with van der Waals surface area (Å²) in [7, 11) is 0. The quantitative estimate of drug-likeness (QED) is 0.624. The highest BCUT2D eigenvalue weighted by Gasteiger charge is 2.20. The molecule has 1 aliphatic heterocycles. The Labute approximate surface area is 170 Å². The van der Waals surface area contributed by atoms with Gasteiger partial charge < -0.3 is 14.4 Å². The molecule has 2 heterocycles. The van der Waals surface area contributed by atoms with Crippen LogP contribution in [0.25, 0.3) is 0 Å². The molecule has 0 N–H and O–H groups in total. The number of hydrogen-bond acceptors (Lipinski definition) is 4. The Hall–Kier alpha value is -3.18. The van der Waals surface area contributed by atoms with Crippen LogP contribution in [-0.4, -0.2) is 30.2 Å². The first-order chi connectivity index (χ1) is 14.3. The molecule has 1 saturated heterocycles. The average molecular weight is 388 g/mol. The standard InChI is InChI=1S/C24H24N2O3/c27-24(20-11-12-23(25-17-20)29-22-13-15-28-16-14-22)26(21-9-5-2-6-10-21)18-19-7-3-1-4-8-19/h1-12,17,22H,13-16,18H2. The first kappa shape index (κ1) is 19.2. The first-order valence-electron chi connectivity index (χ1n) is 9.91. The Bertz CT molecular complexity index is 908. The molecule has 148 valence electrons. The maximum absolute atomic E-state index is 13.3. The van der Waals surface area contributed by atoms with Crippen LogP contribution in [-0.2, 0) is 11.3 Å². The van der Waals surface area contributed by atoms with Crippen molar-refractivity contribution in [2.45, 2.75) is 25.5 Å². The van der Waals surface area contributed by atoms with Gasteiger partial charge in [0, 0.05) is 30.8 Å². The van der Waals surface area contributed by atoms with Crippen molar-refractivity contribution < 1.29 is 14.3 Å². The molecule has 0 unspecified atom stereocenters. The summed E-state index contributed by atoms with van der Waals surface area (Å²) in [6.45, 7) is 1.92. The van der Waals surface area contributed by atoms with E-state index < -0.39 is 0 Å². The minimum atomic E-state index is -0.0924. The smallest absolute Gasteiger partial charge is 0.260 e. The second-order valence-corrected chi connectivity index (χ2v) is 7.03. The lowest BCUT2D eigenvalue weighted by molar-refractivity contribution is 0.0237. The summed E-state index contributed by atoms with van der Waals surface area (Å²) in [5, 5.41) is 0. The highest BCUT2D eigenvalue weighted by molar-refractivity contribution is 6.05. The predicted octanol–water partition coefficient (Wildman–Crippen LogP) is 4.49. The van der Waals surface area contributed by atoms with Crippen molar-refractivity contribution in [3.63, 3.8) is 0 Å². The van der Waals surface area contributed by atoms with E-state index in [1.165, 1.54) is 0 Å². The van der Waals surface area contributed by atoms with Gasteiger partial charge in [-0.2, -0.15) is 0 Å². The molecule has 5 heteroatoms. The summed E-state index contributed by atoms with van der Waals surface area (Å²) < 4.78 is 11.3. The topological polar surface area (TPSA) is 51.7 Å². The van der Waals surface area contributed by atoms with Gasteiger partial charge in [0.25, 0.3) is 5.91 Å². The highest BCUT2D eigenvalue weighted by Crippen LogP contribution is 2.21. The van der Waals surface area contributed by atoms with E-state index in [9.17, 15) is 4.79 Å². The van der Waals surface area contributed by atoms with Crippen molar-refractivity contribution in [1.82, 2.24) is 4.98 Å². The van der Waals surface area contributed by atoms with Gasteiger partial charge in [-0.3, -0.25) is 4.79 Å². The number of para-hydroxylation sites is 1. The van der Waals surface area contributed by atoms with Crippen molar-refractivity contribution in [3.05, 3.63) is 90.1 Å². The predicted molar refractivity (Wildman–Crippen MR) is 112 cm³/mol. The zero-order valence-corrected chi connectivity index (χ0v) is 16.2. The number of ether oxygens (including phenoxy) is 2. The molecule has 0 saturated carbocycles. The SMILES string of the molecule is O=C(c1ccc(OC2CCOCC2)nc1)N(Cc1ccccc1)c1ccccc1. The van der Waals surface area contributed by atoms with Gasteiger partial charge in [0.2, 0.25) is 5.88 Å². The van der Waals surface area contributed by atoms with Gasteiger partial charge in [-0.25, -0.2) is 4.98 Å². The molecule has 0 aliphatic carbocycles. The second-order valence-electron chi connectivity index (χ2n) is 7.03. The molecule has 29 heavy (non-hydrogen) atoms. The average Bonchev–Trinajstić information content (AvgIpc) is 2.79. The van der Waals surface area contributed by atoms with Crippen molar-refractivity contribution in [2.24, 2.45) is 0 Å². The third-order valence-corrected chi connectivity index (χ3v) is 4.94. The van der Waals surface area contributed by atoms with E-state index >= 15 is 0 Å². The van der Waals surface area contributed by atoms with Crippen LogP contribution < -0.4 is 9.64 Å². The van der Waals surface area contributed by atoms with Crippen molar-refractivity contribution in [2.75, 3.05) is 18.1 Å². The number of carbonyl (C=O) groups excluding carboxylic acids is 1. The molecule has 4 rings (SSSR count). The summed E-state index contributed by atoms with van der Waals surface area (Å²) in [5.74, 6) is 0.452. The number of aromatic nitrogens is 1. The van der Waals surface area contributed by atoms with Gasteiger partial charge in [0.1, 0.15) is 6.10 Å². The highest BCUT2D eigenvalue weighted by atomic mass is 16.5. The lowest BCUT2D eigenvalue weighted by Gasteiger charge is -2.24. The van der Waals surface area contributed by atoms with Crippen LogP contribution in [0.15, 0.2) is 79.0 Å². The van der Waals surface area contributed by atoms with Crippen LogP contribution in [0, 0.1) is 0 Å². The van der Waals surface area contributed by atoms with E-state index in [1.54, 1.807) is 23.2 Å². The van der Waals surface area contributed by atoms with E-state index in [0.29, 0.717) is 31.2 Å². The summed E-state index contributed by atoms with van der Waals surface area (Å²) in [4.78, 5) is 19.4. The lowest BCUT2D eigenvalue weighted by Crippen LogP contribution is -2.30. The van der Waals surface area contributed by atoms with E-state index in [4.69, 9.17) is 9.47 Å². The number of carbonyl (C=O) groups is 1. The third kappa shape index (κ3) is 5.00. The number of rotatable bonds is 6. The molecule has 0 spiro atoms. The first-order valence-corrected chi connectivity index (χ1v) is 9.91. The molecule has 3 aromatic rings. The van der Waals surface area contributed by atoms with E-state index in [-0.39, 0.29) is 12.0 Å². The largest absolute Gasteiger partial charge is 0.474 e. The Kier molecular flexibility index (Phi) is 6.17. The Morgan fingerprint density at radius 3 is 2.31 bits per heavy atom. The van der Waals surface area contributed by atoms with Crippen LogP contribution >= 0.6 is 0 Å². The van der Waals surface area contributed by atoms with Crippen LogP contribution in [0.2, 0.25) is 0 Å². The summed E-state index contributed by atoms with van der Waals surface area (Å²) in [5.41, 5.74) is 2.45. The Morgan fingerprint density at radius 1 is 0.966 bits per heavy atom. The molecular weight excluding hydrogens is 364 g/mol. The molecule has 1 amide bonds. The number of anilines is 1. The van der Waals surface area contributed by atoms with Gasteiger partial charge in [-0.1, -0.05) is 48.5 Å². The zero-order valence-electron chi connectivity index (χ0n) is 16.2. The van der Waals surface area contributed by atoms with Gasteiger partial charge in [-0.05, 0) is 23.8 Å². The van der Waals surface area contributed by atoms with Gasteiger partial charge in [-0.15, -0.1) is 0 Å². The van der Waals surface area contributed by atoms with Gasteiger partial charge in [0.15, 0.2) is 0 Å². The molecule has 0 bridgehead atoms. The number of hydrogen-bond donors (Lipinski definition) is 0. The van der Waals surface area contributed by atoms with Crippen LogP contribution in [0.1, 0.15) is 28.8 Å². The minimum absolute atomic E-state index is 0.0924. The minimum Gasteiger partial charge on any atom is -0.474 e. The molecule has 2 aromatic carbocycles. The Morgan fingerprint density at radius 2 is 1.66 bits per heavy atom. The van der Waals surface area contributed by atoms with Crippen molar-refractivity contribution in [1.29, 1.82) is 0 Å². The maximum Gasteiger partial charge on any atom is 0.260 e. The van der Waals surface area contributed by atoms with Gasteiger partial charge >= 0.3 is 0 Å². The summed E-state index contributed by atoms with van der Waals surface area (Å²) in [6.07, 6.45) is 3.44. The molecule has 1 fully saturated rings. The molecular formula is C24H24N2O3. The number of pyridine rings is 1. The van der Waals surface area contributed by atoms with Crippen molar-refractivity contribution >= 4 is 11.6 Å².